The molecule has 0 saturated carbocycles. The molecule has 3 unspecified atom stereocenters. The zero-order valence-corrected chi connectivity index (χ0v) is 10.3. The Bertz CT molecular complexity index is 337. The predicted molar refractivity (Wildman–Crippen MR) is 63.1 cm³/mol. The van der Waals surface area contributed by atoms with Crippen molar-refractivity contribution in [1.82, 2.24) is 15.1 Å². The van der Waals surface area contributed by atoms with Gasteiger partial charge in [0.05, 0.1) is 17.8 Å². The molecular weight excluding hydrogens is 202 g/mol. The van der Waals surface area contributed by atoms with Crippen molar-refractivity contribution < 1.29 is 4.74 Å². The first-order chi connectivity index (χ1) is 7.72. The number of nitrogens with one attached hydrogen (secondary N) is 1. The van der Waals surface area contributed by atoms with Crippen LogP contribution < -0.4 is 5.32 Å². The minimum atomic E-state index is 0.226. The molecule has 0 radical (unpaired) electrons. The lowest BCUT2D eigenvalue weighted by Crippen LogP contribution is -2.35. The minimum absolute atomic E-state index is 0.226. The number of hydrogen-bond donors (Lipinski definition) is 1. The summed E-state index contributed by atoms with van der Waals surface area (Å²) < 4.78 is 7.68. The first-order valence-electron chi connectivity index (χ1n) is 6.07. The van der Waals surface area contributed by atoms with E-state index in [1.165, 1.54) is 0 Å². The fourth-order valence-corrected chi connectivity index (χ4v) is 2.35. The Balaban J connectivity index is 2.16. The van der Waals surface area contributed by atoms with Crippen LogP contribution in [0.15, 0.2) is 12.3 Å². The Morgan fingerprint density at radius 2 is 2.50 bits per heavy atom. The van der Waals surface area contributed by atoms with Crippen LogP contribution in [-0.4, -0.2) is 29.0 Å². The molecule has 3 atom stereocenters. The van der Waals surface area contributed by atoms with Crippen molar-refractivity contribution in [2.45, 2.75) is 32.4 Å². The van der Waals surface area contributed by atoms with E-state index in [-0.39, 0.29) is 12.1 Å². The van der Waals surface area contributed by atoms with Gasteiger partial charge in [0, 0.05) is 19.9 Å². The Morgan fingerprint density at radius 1 is 1.69 bits per heavy atom. The summed E-state index contributed by atoms with van der Waals surface area (Å²) >= 11 is 0. The van der Waals surface area contributed by atoms with Crippen LogP contribution in [0, 0.1) is 5.92 Å². The SMILES string of the molecule is CCNC(c1ccn(C)n1)C1OCCC1C. The molecule has 0 aromatic carbocycles. The van der Waals surface area contributed by atoms with Crippen molar-refractivity contribution in [3.63, 3.8) is 0 Å². The van der Waals surface area contributed by atoms with Gasteiger partial charge in [0.2, 0.25) is 0 Å². The number of aromatic nitrogens is 2. The molecule has 4 nitrogen and oxygen atoms in total. The van der Waals surface area contributed by atoms with Crippen molar-refractivity contribution in [3.8, 4) is 0 Å². The van der Waals surface area contributed by atoms with Crippen LogP contribution >= 0.6 is 0 Å². The van der Waals surface area contributed by atoms with Gasteiger partial charge in [-0.25, -0.2) is 0 Å². The molecule has 2 rings (SSSR count). The molecule has 1 saturated heterocycles. The molecule has 1 fully saturated rings. The second-order valence-electron chi connectivity index (χ2n) is 4.55. The highest BCUT2D eigenvalue weighted by molar-refractivity contribution is 5.09. The summed E-state index contributed by atoms with van der Waals surface area (Å²) in [6, 6.07) is 2.30. The van der Waals surface area contributed by atoms with Crippen molar-refractivity contribution in [3.05, 3.63) is 18.0 Å². The maximum Gasteiger partial charge on any atom is 0.0820 e. The molecule has 1 N–H and O–H groups in total. The van der Waals surface area contributed by atoms with E-state index in [0.717, 1.165) is 25.3 Å². The lowest BCUT2D eigenvalue weighted by molar-refractivity contribution is 0.0598. The molecule has 0 aliphatic carbocycles. The lowest BCUT2D eigenvalue weighted by atomic mass is 9.95. The normalized spacial score (nSPS) is 27.2. The Labute approximate surface area is 97.0 Å². The van der Waals surface area contributed by atoms with Gasteiger partial charge in [-0.3, -0.25) is 4.68 Å². The van der Waals surface area contributed by atoms with E-state index in [2.05, 4.69) is 30.3 Å². The van der Waals surface area contributed by atoms with E-state index in [1.54, 1.807) is 0 Å². The van der Waals surface area contributed by atoms with E-state index >= 15 is 0 Å². The molecular formula is C12H21N3O. The second-order valence-corrected chi connectivity index (χ2v) is 4.55. The van der Waals surface area contributed by atoms with Crippen molar-refractivity contribution in [1.29, 1.82) is 0 Å². The van der Waals surface area contributed by atoms with Gasteiger partial charge in [-0.1, -0.05) is 13.8 Å². The third-order valence-electron chi connectivity index (χ3n) is 3.25. The molecule has 16 heavy (non-hydrogen) atoms. The van der Waals surface area contributed by atoms with E-state index in [1.807, 2.05) is 17.9 Å². The molecule has 1 aromatic heterocycles. The van der Waals surface area contributed by atoms with Crippen LogP contribution in [0.25, 0.3) is 0 Å². The average molecular weight is 223 g/mol. The zero-order chi connectivity index (χ0) is 11.5. The molecule has 0 bridgehead atoms. The van der Waals surface area contributed by atoms with Gasteiger partial charge in [0.1, 0.15) is 0 Å². The molecule has 1 aliphatic rings. The third-order valence-corrected chi connectivity index (χ3v) is 3.25. The highest BCUT2D eigenvalue weighted by Crippen LogP contribution is 2.30. The standard InChI is InChI=1S/C12H21N3O/c1-4-13-11(10-5-7-15(3)14-10)12-9(2)6-8-16-12/h5,7,9,11-13H,4,6,8H2,1-3H3. The number of nitrogens with zero attached hydrogens (tertiary/aromatic N) is 2. The molecule has 0 spiro atoms. The number of likely N-dealkylation sites (N-methyl/N-ethyl adjacent to an activating group) is 1. The summed E-state index contributed by atoms with van der Waals surface area (Å²) in [6.45, 7) is 6.19. The van der Waals surface area contributed by atoms with Gasteiger partial charge in [-0.2, -0.15) is 5.10 Å². The summed E-state index contributed by atoms with van der Waals surface area (Å²) in [7, 11) is 1.95. The first-order valence-corrected chi connectivity index (χ1v) is 6.07. The van der Waals surface area contributed by atoms with Gasteiger partial charge >= 0.3 is 0 Å². The van der Waals surface area contributed by atoms with Crippen molar-refractivity contribution >= 4 is 0 Å². The van der Waals surface area contributed by atoms with Crippen LogP contribution in [0.2, 0.25) is 0 Å². The van der Waals surface area contributed by atoms with Gasteiger partial charge in [-0.15, -0.1) is 0 Å². The maximum atomic E-state index is 5.83. The summed E-state index contributed by atoms with van der Waals surface area (Å²) in [5, 5.41) is 7.97. The zero-order valence-electron chi connectivity index (χ0n) is 10.3. The molecule has 4 heteroatoms. The molecule has 2 heterocycles. The Kier molecular flexibility index (Phi) is 3.61. The van der Waals surface area contributed by atoms with Gasteiger partial charge in [0.25, 0.3) is 0 Å². The largest absolute Gasteiger partial charge is 0.376 e. The third kappa shape index (κ3) is 2.28. The van der Waals surface area contributed by atoms with Crippen LogP contribution in [-0.2, 0) is 11.8 Å². The maximum absolute atomic E-state index is 5.83. The van der Waals surface area contributed by atoms with Crippen LogP contribution in [0.5, 0.6) is 0 Å². The van der Waals surface area contributed by atoms with E-state index < -0.39 is 0 Å². The Morgan fingerprint density at radius 3 is 3.00 bits per heavy atom. The minimum Gasteiger partial charge on any atom is -0.376 e. The van der Waals surface area contributed by atoms with E-state index in [0.29, 0.717) is 5.92 Å². The summed E-state index contributed by atoms with van der Waals surface area (Å²) in [5.41, 5.74) is 1.09. The predicted octanol–water partition coefficient (Wildman–Crippen LogP) is 1.50. The van der Waals surface area contributed by atoms with Crippen LogP contribution in [0.1, 0.15) is 32.0 Å². The van der Waals surface area contributed by atoms with Crippen molar-refractivity contribution in [2.24, 2.45) is 13.0 Å². The number of rotatable bonds is 4. The topological polar surface area (TPSA) is 39.1 Å². The fourth-order valence-electron chi connectivity index (χ4n) is 2.35. The van der Waals surface area contributed by atoms with Crippen LogP contribution in [0.3, 0.4) is 0 Å². The van der Waals surface area contributed by atoms with E-state index in [9.17, 15) is 0 Å². The van der Waals surface area contributed by atoms with Crippen molar-refractivity contribution in [2.75, 3.05) is 13.2 Å². The number of aryl methyl sites for hydroxylation is 1. The highest BCUT2D eigenvalue weighted by Gasteiger charge is 2.33. The average Bonchev–Trinajstić information content (AvgIpc) is 2.84. The number of ether oxygens (including phenoxy) is 1. The van der Waals surface area contributed by atoms with Gasteiger partial charge in [0.15, 0.2) is 0 Å². The molecule has 1 aromatic rings. The quantitative estimate of drug-likeness (QED) is 0.840. The van der Waals surface area contributed by atoms with Gasteiger partial charge in [-0.05, 0) is 24.9 Å². The molecule has 1 aliphatic heterocycles. The summed E-state index contributed by atoms with van der Waals surface area (Å²) in [4.78, 5) is 0. The molecule has 90 valence electrons. The summed E-state index contributed by atoms with van der Waals surface area (Å²) in [5.74, 6) is 0.603. The van der Waals surface area contributed by atoms with E-state index in [4.69, 9.17) is 4.74 Å². The second kappa shape index (κ2) is 4.97. The fraction of sp³-hybridized carbons (Fsp3) is 0.750. The monoisotopic (exact) mass is 223 g/mol. The highest BCUT2D eigenvalue weighted by atomic mass is 16.5. The smallest absolute Gasteiger partial charge is 0.0820 e. The number of hydrogen-bond acceptors (Lipinski definition) is 3. The molecule has 0 amide bonds. The lowest BCUT2D eigenvalue weighted by Gasteiger charge is -2.25. The summed E-state index contributed by atoms with van der Waals surface area (Å²) in [6.07, 6.45) is 3.40. The Hall–Kier alpha value is -0.870. The van der Waals surface area contributed by atoms with Gasteiger partial charge < -0.3 is 10.1 Å². The van der Waals surface area contributed by atoms with Crippen LogP contribution in [0.4, 0.5) is 0 Å². The first kappa shape index (κ1) is 11.6.